The van der Waals surface area contributed by atoms with Crippen LogP contribution >= 0.6 is 0 Å². The van der Waals surface area contributed by atoms with Crippen LogP contribution in [0.25, 0.3) is 0 Å². The molecule has 0 radical (unpaired) electrons. The number of carbonyl (C=O) groups excluding carboxylic acids is 1. The predicted molar refractivity (Wildman–Crippen MR) is 111 cm³/mol. The molecular weight excluding hydrogens is 466 g/mol. The maximum Gasteiger partial charge on any atom is 0.416 e. The maximum absolute atomic E-state index is 13.2. The van der Waals surface area contributed by atoms with Crippen LogP contribution in [0.2, 0.25) is 0 Å². The molecule has 1 aliphatic rings. The lowest BCUT2D eigenvalue weighted by Crippen LogP contribution is -2.54. The molecule has 1 saturated heterocycles. The molecule has 11 heteroatoms. The van der Waals surface area contributed by atoms with Gasteiger partial charge in [0, 0.05) is 6.54 Å². The minimum absolute atomic E-state index is 0.0426. The molecule has 2 aromatic carbocycles. The van der Waals surface area contributed by atoms with E-state index < -0.39 is 47.3 Å². The monoisotopic (exact) mass is 490 g/mol. The van der Waals surface area contributed by atoms with Crippen molar-refractivity contribution in [2.24, 2.45) is 5.73 Å². The van der Waals surface area contributed by atoms with Crippen LogP contribution in [0.5, 0.6) is 0 Å². The third-order valence-corrected chi connectivity index (χ3v) is 5.83. The van der Waals surface area contributed by atoms with Gasteiger partial charge in [-0.3, -0.25) is 0 Å². The van der Waals surface area contributed by atoms with Gasteiger partial charge in [-0.25, -0.2) is 4.79 Å². The number of hydrogen-bond donors (Lipinski definition) is 2. The Labute approximate surface area is 192 Å². The molecular formula is C23H24F6N2O3. The fourth-order valence-electron chi connectivity index (χ4n) is 3.96. The van der Waals surface area contributed by atoms with Gasteiger partial charge in [0.25, 0.3) is 0 Å². The number of nitrogens with one attached hydrogen (secondary N) is 1. The van der Waals surface area contributed by atoms with Gasteiger partial charge in [0.2, 0.25) is 0 Å². The Morgan fingerprint density at radius 2 is 1.68 bits per heavy atom. The second-order valence-corrected chi connectivity index (χ2v) is 8.22. The number of primary amides is 1. The van der Waals surface area contributed by atoms with E-state index in [0.717, 1.165) is 5.56 Å². The summed E-state index contributed by atoms with van der Waals surface area (Å²) in [5.41, 5.74) is 2.07. The van der Waals surface area contributed by atoms with Crippen LogP contribution in [0.1, 0.15) is 48.1 Å². The van der Waals surface area contributed by atoms with E-state index >= 15 is 0 Å². The molecule has 0 spiro atoms. The van der Waals surface area contributed by atoms with Crippen molar-refractivity contribution in [1.29, 1.82) is 0 Å². The highest BCUT2D eigenvalue weighted by atomic mass is 19.4. The number of nitrogens with two attached hydrogens (primary N) is 1. The number of benzene rings is 2. The summed E-state index contributed by atoms with van der Waals surface area (Å²) in [4.78, 5) is 11.1. The average Bonchev–Trinajstić information content (AvgIpc) is 2.77. The van der Waals surface area contributed by atoms with E-state index in [1.54, 1.807) is 12.1 Å². The number of carbonyl (C=O) groups is 1. The van der Waals surface area contributed by atoms with Crippen LogP contribution in [-0.2, 0) is 27.4 Å². The van der Waals surface area contributed by atoms with Crippen LogP contribution in [0, 0.1) is 0 Å². The van der Waals surface area contributed by atoms with Crippen molar-refractivity contribution in [3.05, 3.63) is 70.8 Å². The molecule has 34 heavy (non-hydrogen) atoms. The minimum Gasteiger partial charge on any atom is -0.445 e. The number of rotatable bonds is 6. The smallest absolute Gasteiger partial charge is 0.416 e. The zero-order valence-electron chi connectivity index (χ0n) is 18.2. The van der Waals surface area contributed by atoms with Crippen LogP contribution in [0.15, 0.2) is 48.5 Å². The first-order valence-corrected chi connectivity index (χ1v) is 10.5. The molecule has 0 bridgehead atoms. The largest absolute Gasteiger partial charge is 0.445 e. The zero-order chi connectivity index (χ0) is 25.1. The van der Waals surface area contributed by atoms with E-state index in [0.29, 0.717) is 25.0 Å². The molecule has 3 N–H and O–H groups in total. The molecule has 0 aromatic heterocycles. The van der Waals surface area contributed by atoms with E-state index in [2.05, 4.69) is 5.32 Å². The lowest BCUT2D eigenvalue weighted by molar-refractivity contribution is -0.143. The van der Waals surface area contributed by atoms with Gasteiger partial charge in [0.05, 0.1) is 29.4 Å². The normalized spacial score (nSPS) is 22.3. The van der Waals surface area contributed by atoms with Gasteiger partial charge in [-0.2, -0.15) is 26.3 Å². The third kappa shape index (κ3) is 6.20. The molecule has 1 fully saturated rings. The number of ether oxygens (including phenoxy) is 2. The van der Waals surface area contributed by atoms with E-state index in [9.17, 15) is 31.1 Å². The van der Waals surface area contributed by atoms with Crippen molar-refractivity contribution in [2.75, 3.05) is 13.2 Å². The van der Waals surface area contributed by atoms with Crippen LogP contribution in [0.4, 0.5) is 31.1 Å². The van der Waals surface area contributed by atoms with Crippen molar-refractivity contribution in [2.45, 2.75) is 49.9 Å². The first kappa shape index (κ1) is 25.8. The van der Waals surface area contributed by atoms with E-state index in [4.69, 9.17) is 15.2 Å². The molecule has 1 heterocycles. The van der Waals surface area contributed by atoms with Crippen molar-refractivity contribution in [3.63, 3.8) is 0 Å². The minimum atomic E-state index is -4.94. The topological polar surface area (TPSA) is 73.6 Å². The maximum atomic E-state index is 13.2. The van der Waals surface area contributed by atoms with Crippen molar-refractivity contribution in [3.8, 4) is 0 Å². The first-order valence-electron chi connectivity index (χ1n) is 10.5. The Hall–Kier alpha value is -2.79. The van der Waals surface area contributed by atoms with Crippen LogP contribution in [-0.4, -0.2) is 25.3 Å². The first-order chi connectivity index (χ1) is 15.8. The highest BCUT2D eigenvalue weighted by molar-refractivity contribution is 5.64. The summed E-state index contributed by atoms with van der Waals surface area (Å²) in [7, 11) is 0. The fourth-order valence-corrected chi connectivity index (χ4v) is 3.96. The number of amides is 1. The van der Waals surface area contributed by atoms with Crippen LogP contribution in [0.3, 0.4) is 0 Å². The summed E-state index contributed by atoms with van der Waals surface area (Å²) in [5.74, 6) is 0. The van der Waals surface area contributed by atoms with E-state index in [1.807, 2.05) is 18.2 Å². The average molecular weight is 490 g/mol. The number of hydrogen-bond acceptors (Lipinski definition) is 4. The Bertz CT molecular complexity index is 954. The lowest BCUT2D eigenvalue weighted by atomic mass is 9.82. The van der Waals surface area contributed by atoms with Gasteiger partial charge in [-0.05, 0) is 49.1 Å². The lowest BCUT2D eigenvalue weighted by Gasteiger charge is -2.41. The third-order valence-electron chi connectivity index (χ3n) is 5.83. The van der Waals surface area contributed by atoms with Gasteiger partial charge in [0.15, 0.2) is 0 Å². The fraction of sp³-hybridized carbons (Fsp3) is 0.435. The Morgan fingerprint density at radius 3 is 2.15 bits per heavy atom. The summed E-state index contributed by atoms with van der Waals surface area (Å²) < 4.78 is 90.2. The number of halogens is 6. The quantitative estimate of drug-likeness (QED) is 0.522. The van der Waals surface area contributed by atoms with Gasteiger partial charge < -0.3 is 20.5 Å². The number of piperidine rings is 1. The van der Waals surface area contributed by atoms with Crippen molar-refractivity contribution >= 4 is 6.09 Å². The molecule has 2 unspecified atom stereocenters. The molecule has 186 valence electrons. The van der Waals surface area contributed by atoms with E-state index in [1.165, 1.54) is 6.92 Å². The van der Waals surface area contributed by atoms with Crippen molar-refractivity contribution in [1.82, 2.24) is 5.32 Å². The number of alkyl halides is 6. The zero-order valence-corrected chi connectivity index (χ0v) is 18.2. The molecule has 0 saturated carbocycles. The van der Waals surface area contributed by atoms with E-state index in [-0.39, 0.29) is 24.8 Å². The van der Waals surface area contributed by atoms with Gasteiger partial charge in [0.1, 0.15) is 6.10 Å². The van der Waals surface area contributed by atoms with Crippen molar-refractivity contribution < 1.29 is 40.6 Å². The van der Waals surface area contributed by atoms with Gasteiger partial charge >= 0.3 is 18.4 Å². The summed E-state index contributed by atoms with van der Waals surface area (Å²) in [6.45, 7) is 1.60. The van der Waals surface area contributed by atoms with Crippen LogP contribution < -0.4 is 11.1 Å². The highest BCUT2D eigenvalue weighted by Gasteiger charge is 2.40. The van der Waals surface area contributed by atoms with Gasteiger partial charge in [-0.15, -0.1) is 0 Å². The molecule has 3 rings (SSSR count). The molecule has 1 aliphatic heterocycles. The molecule has 0 aliphatic carbocycles. The second-order valence-electron chi connectivity index (χ2n) is 8.22. The molecule has 3 atom stereocenters. The highest BCUT2D eigenvalue weighted by Crippen LogP contribution is 2.39. The van der Waals surface area contributed by atoms with Gasteiger partial charge in [-0.1, -0.05) is 30.3 Å². The molecule has 2 aromatic rings. The SMILES string of the molecule is CC(OCC1(c2ccccc2)CC[C@H](OC(N)=O)CN1)c1cc(C(F)(F)F)cc(C(F)(F)F)c1. The summed E-state index contributed by atoms with van der Waals surface area (Å²) >= 11 is 0. The Balaban J connectivity index is 1.84. The Morgan fingerprint density at radius 1 is 1.09 bits per heavy atom. The summed E-state index contributed by atoms with van der Waals surface area (Å²) in [6.07, 6.45) is -11.5. The summed E-state index contributed by atoms with van der Waals surface area (Å²) in [5, 5.41) is 3.26. The Kier molecular flexibility index (Phi) is 7.47. The molecule has 5 nitrogen and oxygen atoms in total. The predicted octanol–water partition coefficient (Wildman–Crippen LogP) is 5.54. The second kappa shape index (κ2) is 9.83. The summed E-state index contributed by atoms with van der Waals surface area (Å²) in [6, 6.07) is 10.5. The standard InChI is InChI=1S/C23H24F6N2O3/c1-14(15-9-17(22(24,25)26)11-18(10-15)23(27,28)29)33-13-21(16-5-3-2-4-6-16)8-7-19(12-31-21)34-20(30)32/h2-6,9-11,14,19,31H,7-8,12-13H2,1H3,(H2,30,32)/t14?,19-,21?/m0/s1. The molecule has 1 amide bonds.